The van der Waals surface area contributed by atoms with E-state index in [4.69, 9.17) is 15.9 Å². The summed E-state index contributed by atoms with van der Waals surface area (Å²) >= 11 is 0. The van der Waals surface area contributed by atoms with Gasteiger partial charge in [-0.05, 0) is 48.2 Å². The lowest BCUT2D eigenvalue weighted by Gasteiger charge is -2.16. The van der Waals surface area contributed by atoms with Crippen molar-refractivity contribution in [1.29, 1.82) is 5.41 Å². The van der Waals surface area contributed by atoms with Crippen molar-refractivity contribution in [3.8, 4) is 11.6 Å². The molecule has 0 unspecified atom stereocenters. The second kappa shape index (κ2) is 9.15. The first-order chi connectivity index (χ1) is 14.4. The summed E-state index contributed by atoms with van der Waals surface area (Å²) in [5.74, 6) is 0.943. The van der Waals surface area contributed by atoms with E-state index >= 15 is 0 Å². The summed E-state index contributed by atoms with van der Waals surface area (Å²) in [5, 5.41) is 13.1. The van der Waals surface area contributed by atoms with E-state index in [2.05, 4.69) is 20.6 Å². The summed E-state index contributed by atoms with van der Waals surface area (Å²) in [6.45, 7) is 5.72. The molecule has 0 aliphatic rings. The Kier molecular flexibility index (Phi) is 6.38. The average Bonchev–Trinajstić information content (AvgIpc) is 2.72. The van der Waals surface area contributed by atoms with Gasteiger partial charge in [0.25, 0.3) is 0 Å². The normalized spacial score (nSPS) is 10.4. The second-order valence-corrected chi connectivity index (χ2v) is 6.85. The van der Waals surface area contributed by atoms with Crippen LogP contribution < -0.4 is 21.1 Å². The molecule has 0 fully saturated rings. The van der Waals surface area contributed by atoms with E-state index in [1.54, 1.807) is 0 Å². The molecule has 3 rings (SSSR count). The average molecular weight is 404 g/mol. The molecule has 0 atom stereocenters. The van der Waals surface area contributed by atoms with Crippen LogP contribution in [0, 0.1) is 19.3 Å². The molecule has 2 aromatic carbocycles. The number of nitrogens with one attached hydrogen (secondary N) is 3. The van der Waals surface area contributed by atoms with Gasteiger partial charge < -0.3 is 26.5 Å². The van der Waals surface area contributed by atoms with E-state index < -0.39 is 0 Å². The summed E-state index contributed by atoms with van der Waals surface area (Å²) in [6, 6.07) is 11.2. The van der Waals surface area contributed by atoms with E-state index in [0.717, 1.165) is 27.9 Å². The standard InChI is InChI=1S/C22H24N6O2/c1-13-8-17(11-24)9-14(2)20(13)30-21-19(26-15(3)29)12-25-22(28-21)27-18-6-4-16(10-23)5-7-18/h4-10,12,23H,11,24H2,1-3H3,(H,26,29)(H,25,27,28). The second-order valence-electron chi connectivity index (χ2n) is 6.85. The van der Waals surface area contributed by atoms with E-state index in [1.165, 1.54) is 19.3 Å². The minimum absolute atomic E-state index is 0.227. The highest BCUT2D eigenvalue weighted by atomic mass is 16.5. The molecule has 5 N–H and O–H groups in total. The summed E-state index contributed by atoms with van der Waals surface area (Å²) in [6.07, 6.45) is 2.77. The maximum absolute atomic E-state index is 11.6. The van der Waals surface area contributed by atoms with Crippen LogP contribution in [0.5, 0.6) is 11.6 Å². The number of amides is 1. The van der Waals surface area contributed by atoms with Crippen LogP contribution >= 0.6 is 0 Å². The number of rotatable bonds is 7. The number of hydrogen-bond acceptors (Lipinski definition) is 7. The Hall–Kier alpha value is -3.78. The molecule has 30 heavy (non-hydrogen) atoms. The highest BCUT2D eigenvalue weighted by molar-refractivity contribution is 5.90. The molecule has 1 heterocycles. The fourth-order valence-electron chi connectivity index (χ4n) is 2.99. The van der Waals surface area contributed by atoms with Crippen molar-refractivity contribution in [2.45, 2.75) is 27.3 Å². The highest BCUT2D eigenvalue weighted by Crippen LogP contribution is 2.33. The number of anilines is 3. The number of hydrogen-bond donors (Lipinski definition) is 4. The van der Waals surface area contributed by atoms with Crippen molar-refractivity contribution < 1.29 is 9.53 Å². The molecule has 0 radical (unpaired) electrons. The maximum Gasteiger partial charge on any atom is 0.248 e. The Bertz CT molecular complexity index is 1060. The Morgan fingerprint density at radius 2 is 1.87 bits per heavy atom. The number of carbonyl (C=O) groups excluding carboxylic acids is 1. The van der Waals surface area contributed by atoms with Gasteiger partial charge in [-0.3, -0.25) is 4.79 Å². The van der Waals surface area contributed by atoms with Gasteiger partial charge in [0.15, 0.2) is 0 Å². The quantitative estimate of drug-likeness (QED) is 0.440. The number of aromatic nitrogens is 2. The SMILES string of the molecule is CC(=O)Nc1cnc(Nc2ccc(C=N)cc2)nc1Oc1c(C)cc(CN)cc1C. The molecule has 0 spiro atoms. The van der Waals surface area contributed by atoms with Crippen LogP contribution in [0.2, 0.25) is 0 Å². The van der Waals surface area contributed by atoms with E-state index in [0.29, 0.717) is 23.9 Å². The molecule has 0 saturated carbocycles. The van der Waals surface area contributed by atoms with Crippen LogP contribution in [-0.2, 0) is 11.3 Å². The Labute approximate surface area is 175 Å². The number of ether oxygens (including phenoxy) is 1. The molecule has 1 aromatic heterocycles. The van der Waals surface area contributed by atoms with E-state index in [9.17, 15) is 4.79 Å². The first-order valence-electron chi connectivity index (χ1n) is 9.40. The predicted molar refractivity (Wildman–Crippen MR) is 118 cm³/mol. The van der Waals surface area contributed by atoms with Crippen LogP contribution in [0.4, 0.5) is 17.3 Å². The van der Waals surface area contributed by atoms with Crippen molar-refractivity contribution in [3.63, 3.8) is 0 Å². The van der Waals surface area contributed by atoms with Gasteiger partial charge >= 0.3 is 0 Å². The topological polar surface area (TPSA) is 126 Å². The van der Waals surface area contributed by atoms with Crippen LogP contribution in [0.15, 0.2) is 42.6 Å². The van der Waals surface area contributed by atoms with Crippen molar-refractivity contribution in [1.82, 2.24) is 9.97 Å². The van der Waals surface area contributed by atoms with E-state index in [-0.39, 0.29) is 11.8 Å². The van der Waals surface area contributed by atoms with Crippen LogP contribution in [0.1, 0.15) is 29.2 Å². The van der Waals surface area contributed by atoms with Gasteiger partial charge in [-0.2, -0.15) is 4.98 Å². The zero-order chi connectivity index (χ0) is 21.7. The van der Waals surface area contributed by atoms with Crippen molar-refractivity contribution in [2.24, 2.45) is 5.73 Å². The Morgan fingerprint density at radius 3 is 2.43 bits per heavy atom. The third kappa shape index (κ3) is 4.98. The largest absolute Gasteiger partial charge is 0.436 e. The fraction of sp³-hybridized carbons (Fsp3) is 0.182. The summed E-state index contributed by atoms with van der Waals surface area (Å²) in [4.78, 5) is 20.3. The molecule has 0 bridgehead atoms. The number of nitrogens with two attached hydrogens (primary N) is 1. The lowest BCUT2D eigenvalue weighted by atomic mass is 10.1. The van der Waals surface area contributed by atoms with E-state index in [1.807, 2.05) is 50.2 Å². The lowest BCUT2D eigenvalue weighted by molar-refractivity contribution is -0.114. The molecule has 8 nitrogen and oxygen atoms in total. The molecule has 154 valence electrons. The van der Waals surface area contributed by atoms with Crippen molar-refractivity contribution >= 4 is 29.4 Å². The minimum atomic E-state index is -0.252. The van der Waals surface area contributed by atoms with Crippen LogP contribution in [-0.4, -0.2) is 22.1 Å². The first-order valence-corrected chi connectivity index (χ1v) is 9.40. The zero-order valence-corrected chi connectivity index (χ0v) is 17.1. The van der Waals surface area contributed by atoms with Gasteiger partial charge in [0, 0.05) is 25.4 Å². The van der Waals surface area contributed by atoms with Gasteiger partial charge in [0.1, 0.15) is 11.4 Å². The minimum Gasteiger partial charge on any atom is -0.436 e. The van der Waals surface area contributed by atoms with Crippen LogP contribution in [0.25, 0.3) is 0 Å². The summed E-state index contributed by atoms with van der Waals surface area (Å²) in [5.41, 5.74) is 10.5. The number of carbonyl (C=O) groups is 1. The lowest BCUT2D eigenvalue weighted by Crippen LogP contribution is -2.10. The molecule has 1 amide bonds. The monoisotopic (exact) mass is 404 g/mol. The molecular formula is C22H24N6O2. The van der Waals surface area contributed by atoms with Gasteiger partial charge in [-0.25, -0.2) is 4.98 Å². The molecule has 0 saturated heterocycles. The smallest absolute Gasteiger partial charge is 0.248 e. The van der Waals surface area contributed by atoms with Gasteiger partial charge in [0.05, 0.1) is 6.20 Å². The summed E-state index contributed by atoms with van der Waals surface area (Å²) in [7, 11) is 0. The Balaban J connectivity index is 1.95. The number of benzene rings is 2. The van der Waals surface area contributed by atoms with Crippen molar-refractivity contribution in [3.05, 3.63) is 64.8 Å². The summed E-state index contributed by atoms with van der Waals surface area (Å²) < 4.78 is 6.11. The van der Waals surface area contributed by atoms with Gasteiger partial charge in [-0.1, -0.05) is 24.3 Å². The Morgan fingerprint density at radius 1 is 1.20 bits per heavy atom. The molecule has 3 aromatic rings. The highest BCUT2D eigenvalue weighted by Gasteiger charge is 2.15. The third-order valence-corrected chi connectivity index (χ3v) is 4.35. The predicted octanol–water partition coefficient (Wildman–Crippen LogP) is 4.04. The molecule has 0 aliphatic carbocycles. The molecule has 0 aliphatic heterocycles. The van der Waals surface area contributed by atoms with Crippen molar-refractivity contribution in [2.75, 3.05) is 10.6 Å². The molecular weight excluding hydrogens is 380 g/mol. The van der Waals surface area contributed by atoms with Gasteiger partial charge in [0.2, 0.25) is 17.7 Å². The fourth-order valence-corrected chi connectivity index (χ4v) is 2.99. The first kappa shape index (κ1) is 20.9. The van der Waals surface area contributed by atoms with Gasteiger partial charge in [-0.15, -0.1) is 0 Å². The zero-order valence-electron chi connectivity index (χ0n) is 17.1. The third-order valence-electron chi connectivity index (χ3n) is 4.35. The number of aryl methyl sites for hydroxylation is 2. The van der Waals surface area contributed by atoms with Crippen LogP contribution in [0.3, 0.4) is 0 Å². The molecule has 8 heteroatoms. The number of nitrogens with zero attached hydrogens (tertiary/aromatic N) is 2. The maximum atomic E-state index is 11.6.